The summed E-state index contributed by atoms with van der Waals surface area (Å²) in [5, 5.41) is 0. The Hall–Kier alpha value is -2.93. The molecule has 3 heterocycles. The van der Waals surface area contributed by atoms with Crippen molar-refractivity contribution in [3.05, 3.63) is 52.9 Å². The van der Waals surface area contributed by atoms with Gasteiger partial charge in [0.05, 0.1) is 11.0 Å². The van der Waals surface area contributed by atoms with Crippen molar-refractivity contribution in [1.29, 1.82) is 0 Å². The summed E-state index contributed by atoms with van der Waals surface area (Å²) in [6, 6.07) is 13.9. The van der Waals surface area contributed by atoms with E-state index < -0.39 is 0 Å². The Morgan fingerprint density at radius 2 is 1.86 bits per heavy atom. The number of imidazole rings is 1. The molecular formula is C22H25N3O4. The van der Waals surface area contributed by atoms with Crippen LogP contribution in [0, 0.1) is 0 Å². The van der Waals surface area contributed by atoms with Gasteiger partial charge in [0, 0.05) is 25.7 Å². The van der Waals surface area contributed by atoms with Gasteiger partial charge in [0.15, 0.2) is 11.5 Å². The molecule has 7 nitrogen and oxygen atoms in total. The molecule has 2 aromatic carbocycles. The van der Waals surface area contributed by atoms with E-state index in [2.05, 4.69) is 9.88 Å². The molecule has 0 unspecified atom stereocenters. The van der Waals surface area contributed by atoms with E-state index in [1.54, 1.807) is 0 Å². The van der Waals surface area contributed by atoms with E-state index in [0.29, 0.717) is 25.6 Å². The van der Waals surface area contributed by atoms with Crippen molar-refractivity contribution < 1.29 is 14.2 Å². The first kappa shape index (κ1) is 18.1. The maximum Gasteiger partial charge on any atom is 0.326 e. The fourth-order valence-electron chi connectivity index (χ4n) is 4.28. The van der Waals surface area contributed by atoms with Crippen LogP contribution in [0.2, 0.25) is 0 Å². The monoisotopic (exact) mass is 395 g/mol. The number of para-hydroxylation sites is 3. The van der Waals surface area contributed by atoms with E-state index in [1.807, 2.05) is 47.0 Å². The maximum atomic E-state index is 12.4. The molecule has 152 valence electrons. The Morgan fingerprint density at radius 3 is 2.76 bits per heavy atom. The van der Waals surface area contributed by atoms with Gasteiger partial charge in [0.25, 0.3) is 0 Å². The molecule has 0 radical (unpaired) electrons. The smallest absolute Gasteiger partial charge is 0.326 e. The fraction of sp³-hybridized carbons (Fsp3) is 0.409. The van der Waals surface area contributed by atoms with Crippen molar-refractivity contribution >= 4 is 11.0 Å². The molecule has 7 heteroatoms. The Kier molecular flexibility index (Phi) is 4.89. The molecule has 1 fully saturated rings. The normalized spacial score (nSPS) is 17.5. The Labute approximate surface area is 168 Å². The lowest BCUT2D eigenvalue weighted by molar-refractivity contribution is 0.143. The average Bonchev–Trinajstić information content (AvgIpc) is 3.10. The van der Waals surface area contributed by atoms with Crippen LogP contribution in [0.15, 0.2) is 47.3 Å². The van der Waals surface area contributed by atoms with E-state index in [-0.39, 0.29) is 11.7 Å². The van der Waals surface area contributed by atoms with Crippen LogP contribution in [0.4, 0.5) is 0 Å². The van der Waals surface area contributed by atoms with Crippen molar-refractivity contribution in [2.75, 3.05) is 39.5 Å². The molecule has 0 atom stereocenters. The third-order valence-electron chi connectivity index (χ3n) is 5.74. The summed E-state index contributed by atoms with van der Waals surface area (Å²) in [7, 11) is 0. The van der Waals surface area contributed by atoms with Gasteiger partial charge < -0.3 is 19.2 Å². The van der Waals surface area contributed by atoms with E-state index in [0.717, 1.165) is 55.0 Å². The van der Waals surface area contributed by atoms with Crippen molar-refractivity contribution in [2.45, 2.75) is 18.9 Å². The standard InChI is InChI=1S/C22H25N3O4/c26-22-23-17-4-1-2-5-18(17)25(22)16-8-10-24(11-9-16)12-13-27-19-6-3-7-20-21(19)29-15-14-28-20/h1-7,16H,8-15H2,(H,23,26). The van der Waals surface area contributed by atoms with Gasteiger partial charge in [-0.15, -0.1) is 0 Å². The maximum absolute atomic E-state index is 12.4. The Bertz CT molecular complexity index is 1050. The number of piperidine rings is 1. The summed E-state index contributed by atoms with van der Waals surface area (Å²) >= 11 is 0. The van der Waals surface area contributed by atoms with Crippen molar-refractivity contribution in [3.8, 4) is 17.2 Å². The largest absolute Gasteiger partial charge is 0.488 e. The highest BCUT2D eigenvalue weighted by Crippen LogP contribution is 2.38. The quantitative estimate of drug-likeness (QED) is 0.720. The lowest BCUT2D eigenvalue weighted by atomic mass is 10.0. The van der Waals surface area contributed by atoms with Crippen LogP contribution in [-0.2, 0) is 0 Å². The number of aromatic amines is 1. The van der Waals surface area contributed by atoms with Gasteiger partial charge in [-0.1, -0.05) is 18.2 Å². The topological polar surface area (TPSA) is 68.7 Å². The zero-order valence-corrected chi connectivity index (χ0v) is 16.3. The van der Waals surface area contributed by atoms with Crippen LogP contribution >= 0.6 is 0 Å². The van der Waals surface area contributed by atoms with Crippen LogP contribution in [0.25, 0.3) is 11.0 Å². The third-order valence-corrected chi connectivity index (χ3v) is 5.74. The van der Waals surface area contributed by atoms with Gasteiger partial charge in [0.2, 0.25) is 5.75 Å². The van der Waals surface area contributed by atoms with Crippen molar-refractivity contribution in [3.63, 3.8) is 0 Å². The van der Waals surface area contributed by atoms with Crippen molar-refractivity contribution in [1.82, 2.24) is 14.5 Å². The number of ether oxygens (including phenoxy) is 3. The minimum absolute atomic E-state index is 0.0101. The Morgan fingerprint density at radius 1 is 1.03 bits per heavy atom. The summed E-state index contributed by atoms with van der Waals surface area (Å²) in [5.74, 6) is 2.19. The second kappa shape index (κ2) is 7.83. The molecule has 2 aliphatic heterocycles. The predicted octanol–water partition coefficient (Wildman–Crippen LogP) is 2.82. The second-order valence-corrected chi connectivity index (χ2v) is 7.52. The number of benzene rings is 2. The number of fused-ring (bicyclic) bond motifs is 2. The lowest BCUT2D eigenvalue weighted by Gasteiger charge is -2.32. The number of nitrogens with one attached hydrogen (secondary N) is 1. The molecule has 2 aliphatic rings. The van der Waals surface area contributed by atoms with Gasteiger partial charge >= 0.3 is 5.69 Å². The summed E-state index contributed by atoms with van der Waals surface area (Å²) in [5.41, 5.74) is 1.89. The number of H-pyrrole nitrogens is 1. The molecule has 3 aromatic rings. The van der Waals surface area contributed by atoms with Gasteiger partial charge in [-0.25, -0.2) is 4.79 Å². The first-order valence-corrected chi connectivity index (χ1v) is 10.2. The number of hydrogen-bond acceptors (Lipinski definition) is 5. The molecule has 29 heavy (non-hydrogen) atoms. The highest BCUT2D eigenvalue weighted by molar-refractivity contribution is 5.75. The number of rotatable bonds is 5. The average molecular weight is 395 g/mol. The van der Waals surface area contributed by atoms with Gasteiger partial charge in [-0.05, 0) is 37.1 Å². The molecular weight excluding hydrogens is 370 g/mol. The molecule has 0 bridgehead atoms. The van der Waals surface area contributed by atoms with Crippen LogP contribution in [0.1, 0.15) is 18.9 Å². The first-order chi connectivity index (χ1) is 14.3. The fourth-order valence-corrected chi connectivity index (χ4v) is 4.28. The predicted molar refractivity (Wildman–Crippen MR) is 110 cm³/mol. The third kappa shape index (κ3) is 3.58. The molecule has 5 rings (SSSR count). The summed E-state index contributed by atoms with van der Waals surface area (Å²) in [6.07, 6.45) is 1.92. The zero-order valence-electron chi connectivity index (χ0n) is 16.3. The zero-order chi connectivity index (χ0) is 19.6. The van der Waals surface area contributed by atoms with Crippen molar-refractivity contribution in [2.24, 2.45) is 0 Å². The summed E-state index contributed by atoms with van der Waals surface area (Å²) in [6.45, 7) is 4.47. The number of nitrogens with zero attached hydrogens (tertiary/aromatic N) is 2. The first-order valence-electron chi connectivity index (χ1n) is 10.2. The van der Waals surface area contributed by atoms with E-state index >= 15 is 0 Å². The van der Waals surface area contributed by atoms with Gasteiger partial charge in [0.1, 0.15) is 19.8 Å². The molecule has 1 N–H and O–H groups in total. The molecule has 1 aromatic heterocycles. The van der Waals surface area contributed by atoms with Crippen LogP contribution in [0.5, 0.6) is 17.2 Å². The molecule has 1 saturated heterocycles. The summed E-state index contributed by atoms with van der Waals surface area (Å²) in [4.78, 5) is 17.8. The van der Waals surface area contributed by atoms with Gasteiger partial charge in [-0.2, -0.15) is 0 Å². The molecule has 0 aliphatic carbocycles. The number of likely N-dealkylation sites (tertiary alicyclic amines) is 1. The minimum Gasteiger partial charge on any atom is -0.488 e. The van der Waals surface area contributed by atoms with Crippen LogP contribution in [-0.4, -0.2) is 53.9 Å². The van der Waals surface area contributed by atoms with Crippen LogP contribution in [0.3, 0.4) is 0 Å². The number of aromatic nitrogens is 2. The van der Waals surface area contributed by atoms with Crippen LogP contribution < -0.4 is 19.9 Å². The summed E-state index contributed by atoms with van der Waals surface area (Å²) < 4.78 is 19.2. The Balaban J connectivity index is 1.17. The molecule has 0 saturated carbocycles. The van der Waals surface area contributed by atoms with Gasteiger partial charge in [-0.3, -0.25) is 9.47 Å². The SMILES string of the molecule is O=c1[nH]c2ccccc2n1C1CCN(CCOc2cccc3c2OCCO3)CC1. The van der Waals surface area contributed by atoms with E-state index in [4.69, 9.17) is 14.2 Å². The highest BCUT2D eigenvalue weighted by Gasteiger charge is 2.23. The second-order valence-electron chi connectivity index (χ2n) is 7.52. The minimum atomic E-state index is -0.0101. The lowest BCUT2D eigenvalue weighted by Crippen LogP contribution is -2.38. The highest BCUT2D eigenvalue weighted by atomic mass is 16.6. The molecule has 0 spiro atoms. The van der Waals surface area contributed by atoms with E-state index in [1.165, 1.54) is 0 Å². The molecule has 0 amide bonds. The van der Waals surface area contributed by atoms with E-state index in [9.17, 15) is 4.79 Å². The number of hydrogen-bond donors (Lipinski definition) is 1.